The predicted octanol–water partition coefficient (Wildman–Crippen LogP) is 3.76. The van der Waals surface area contributed by atoms with E-state index >= 15 is 0 Å². The normalized spacial score (nSPS) is 17.9. The van der Waals surface area contributed by atoms with E-state index < -0.39 is 39.6 Å². The number of benzene rings is 2. The van der Waals surface area contributed by atoms with Crippen LogP contribution >= 0.6 is 0 Å². The summed E-state index contributed by atoms with van der Waals surface area (Å²) in [4.78, 5) is 14.8. The first kappa shape index (κ1) is 27.5. The van der Waals surface area contributed by atoms with Gasteiger partial charge in [-0.2, -0.15) is 22.6 Å². The maximum absolute atomic E-state index is 14.1. The zero-order chi connectivity index (χ0) is 28.9. The Hall–Kier alpha value is -3.62. The van der Waals surface area contributed by atoms with Crippen LogP contribution in [0.3, 0.4) is 0 Å². The topological polar surface area (TPSA) is 103 Å². The van der Waals surface area contributed by atoms with E-state index in [0.29, 0.717) is 43.2 Å². The molecule has 0 bridgehead atoms. The molecular formula is C27H27F3N4O6S. The predicted molar refractivity (Wildman–Crippen MR) is 141 cm³/mol. The standard InChI is InChI=1S/C27H27F3N4O6S/c1-32(18-5-6-23-24(14-18)40-16-39-23)26(35)17-3-2-4-19(13-17)34-22-7-10-33(15-21(22)25(31-34)27(28,29)30)41(36,37)20-8-11-38-12-9-20/h2-6,13-14,20H,7-12,15-16H2,1H3. The number of sulfonamides is 1. The van der Waals surface area contributed by atoms with Crippen molar-refractivity contribution in [3.63, 3.8) is 0 Å². The Labute approximate surface area is 234 Å². The molecule has 1 fully saturated rings. The third-order valence-electron chi connectivity index (χ3n) is 7.63. The monoisotopic (exact) mass is 592 g/mol. The lowest BCUT2D eigenvalue weighted by Gasteiger charge is -2.32. The van der Waals surface area contributed by atoms with Crippen molar-refractivity contribution in [3.05, 3.63) is 65.0 Å². The van der Waals surface area contributed by atoms with Gasteiger partial charge >= 0.3 is 6.18 Å². The first-order valence-corrected chi connectivity index (χ1v) is 14.6. The fourth-order valence-corrected chi connectivity index (χ4v) is 7.28. The number of carbonyl (C=O) groups excluding carboxylic acids is 1. The second-order valence-electron chi connectivity index (χ2n) is 10.1. The molecule has 0 radical (unpaired) electrons. The summed E-state index contributed by atoms with van der Waals surface area (Å²) in [5.74, 6) is 0.683. The molecule has 6 rings (SSSR count). The van der Waals surface area contributed by atoms with E-state index in [-0.39, 0.29) is 42.3 Å². The zero-order valence-electron chi connectivity index (χ0n) is 22.1. The van der Waals surface area contributed by atoms with Crippen molar-refractivity contribution in [1.82, 2.24) is 14.1 Å². The summed E-state index contributed by atoms with van der Waals surface area (Å²) in [6, 6.07) is 11.2. The van der Waals surface area contributed by atoms with Crippen molar-refractivity contribution in [1.29, 1.82) is 0 Å². The van der Waals surface area contributed by atoms with Gasteiger partial charge in [0.15, 0.2) is 17.2 Å². The summed E-state index contributed by atoms with van der Waals surface area (Å²) in [7, 11) is -2.24. The first-order chi connectivity index (χ1) is 19.5. The number of nitrogens with zero attached hydrogens (tertiary/aromatic N) is 4. The Morgan fingerprint density at radius 1 is 1.07 bits per heavy atom. The van der Waals surface area contributed by atoms with Crippen molar-refractivity contribution >= 4 is 21.6 Å². The lowest BCUT2D eigenvalue weighted by molar-refractivity contribution is -0.142. The smallest absolute Gasteiger partial charge is 0.435 e. The van der Waals surface area contributed by atoms with Crippen LogP contribution in [0.25, 0.3) is 5.69 Å². The van der Waals surface area contributed by atoms with Crippen LogP contribution in [0.4, 0.5) is 18.9 Å². The highest BCUT2D eigenvalue weighted by Gasteiger charge is 2.43. The third kappa shape index (κ3) is 5.04. The van der Waals surface area contributed by atoms with Crippen LogP contribution in [0, 0.1) is 0 Å². The number of aromatic nitrogens is 2. The fourth-order valence-electron chi connectivity index (χ4n) is 5.41. The summed E-state index contributed by atoms with van der Waals surface area (Å²) in [6.45, 7) is 0.295. The second kappa shape index (κ2) is 10.3. The molecule has 0 aliphatic carbocycles. The van der Waals surface area contributed by atoms with E-state index in [2.05, 4.69) is 5.10 Å². The molecule has 1 saturated heterocycles. The number of hydrogen-bond donors (Lipinski definition) is 0. The summed E-state index contributed by atoms with van der Waals surface area (Å²) >= 11 is 0. The molecule has 2 aromatic carbocycles. The quantitative estimate of drug-likeness (QED) is 0.445. The van der Waals surface area contributed by atoms with E-state index in [9.17, 15) is 26.4 Å². The first-order valence-electron chi connectivity index (χ1n) is 13.1. The van der Waals surface area contributed by atoms with Crippen molar-refractivity contribution in [2.75, 3.05) is 38.5 Å². The molecule has 0 atom stereocenters. The number of ether oxygens (including phenoxy) is 3. The van der Waals surface area contributed by atoms with Gasteiger partial charge in [-0.25, -0.2) is 13.1 Å². The molecule has 0 spiro atoms. The average molecular weight is 593 g/mol. The van der Waals surface area contributed by atoms with E-state index in [0.717, 1.165) is 4.31 Å². The van der Waals surface area contributed by atoms with E-state index in [4.69, 9.17) is 14.2 Å². The largest absolute Gasteiger partial charge is 0.454 e. The Kier molecular flexibility index (Phi) is 6.94. The van der Waals surface area contributed by atoms with Gasteiger partial charge < -0.3 is 19.1 Å². The number of alkyl halides is 3. The number of carbonyl (C=O) groups is 1. The molecule has 41 heavy (non-hydrogen) atoms. The van der Waals surface area contributed by atoms with Gasteiger partial charge in [-0.15, -0.1) is 0 Å². The van der Waals surface area contributed by atoms with Gasteiger partial charge in [0.2, 0.25) is 16.8 Å². The minimum absolute atomic E-state index is 0.0289. The lowest BCUT2D eigenvalue weighted by atomic mass is 10.1. The van der Waals surface area contributed by atoms with Gasteiger partial charge in [0.25, 0.3) is 5.91 Å². The van der Waals surface area contributed by atoms with E-state index in [1.807, 2.05) is 0 Å². The van der Waals surface area contributed by atoms with Gasteiger partial charge in [0.05, 0.1) is 16.6 Å². The molecule has 1 aromatic heterocycles. The maximum atomic E-state index is 14.1. The van der Waals surface area contributed by atoms with Gasteiger partial charge in [-0.3, -0.25) is 4.79 Å². The van der Waals surface area contributed by atoms with Crippen LogP contribution in [0.2, 0.25) is 0 Å². The number of fused-ring (bicyclic) bond motifs is 2. The Balaban J connectivity index is 1.31. The van der Waals surface area contributed by atoms with Crippen molar-refractivity contribution in [2.45, 2.75) is 37.2 Å². The molecule has 3 aliphatic heterocycles. The molecule has 3 aliphatic rings. The summed E-state index contributed by atoms with van der Waals surface area (Å²) < 4.78 is 87.2. The molecule has 14 heteroatoms. The number of halogens is 3. The molecule has 3 aromatic rings. The Morgan fingerprint density at radius 2 is 1.83 bits per heavy atom. The molecule has 0 N–H and O–H groups in total. The average Bonchev–Trinajstić information content (AvgIpc) is 3.61. The summed E-state index contributed by atoms with van der Waals surface area (Å²) in [5, 5.41) is 3.21. The highest BCUT2D eigenvalue weighted by Crippen LogP contribution is 2.38. The van der Waals surface area contributed by atoms with Crippen molar-refractivity contribution < 1.29 is 40.6 Å². The van der Waals surface area contributed by atoms with E-state index in [1.54, 1.807) is 43.4 Å². The second-order valence-corrected chi connectivity index (χ2v) is 12.3. The van der Waals surface area contributed by atoms with Crippen LogP contribution in [0.5, 0.6) is 11.5 Å². The van der Waals surface area contributed by atoms with Crippen LogP contribution < -0.4 is 14.4 Å². The van der Waals surface area contributed by atoms with Crippen LogP contribution in [0.15, 0.2) is 42.5 Å². The van der Waals surface area contributed by atoms with Gasteiger partial charge in [-0.1, -0.05) is 6.07 Å². The molecule has 0 saturated carbocycles. The SMILES string of the molecule is CN(C(=O)c1cccc(-n2nc(C(F)(F)F)c3c2CCN(S(=O)(=O)C2CCOCC2)C3)c1)c1ccc2c(c1)OCO2. The van der Waals surface area contributed by atoms with Crippen LogP contribution in [-0.4, -0.2) is 67.3 Å². The minimum atomic E-state index is -4.80. The highest BCUT2D eigenvalue weighted by molar-refractivity contribution is 7.89. The molecular weight excluding hydrogens is 565 g/mol. The fraction of sp³-hybridized carbons (Fsp3) is 0.407. The summed E-state index contributed by atoms with van der Waals surface area (Å²) in [5.41, 5.74) is 0.0143. The highest BCUT2D eigenvalue weighted by atomic mass is 32.2. The van der Waals surface area contributed by atoms with Gasteiger partial charge in [-0.05, 0) is 43.2 Å². The maximum Gasteiger partial charge on any atom is 0.435 e. The van der Waals surface area contributed by atoms with Crippen molar-refractivity contribution in [2.24, 2.45) is 0 Å². The van der Waals surface area contributed by atoms with E-state index in [1.165, 1.54) is 15.6 Å². The van der Waals surface area contributed by atoms with Crippen molar-refractivity contribution in [3.8, 4) is 17.2 Å². The Bertz CT molecular complexity index is 1600. The number of anilines is 1. The molecule has 4 heterocycles. The molecule has 1 amide bonds. The molecule has 0 unspecified atom stereocenters. The number of amides is 1. The van der Waals surface area contributed by atoms with Gasteiger partial charge in [0.1, 0.15) is 0 Å². The lowest BCUT2D eigenvalue weighted by Crippen LogP contribution is -2.44. The van der Waals surface area contributed by atoms with Gasteiger partial charge in [0, 0.05) is 62.7 Å². The Morgan fingerprint density at radius 3 is 2.59 bits per heavy atom. The number of hydrogen-bond acceptors (Lipinski definition) is 7. The minimum Gasteiger partial charge on any atom is -0.454 e. The molecule has 10 nitrogen and oxygen atoms in total. The number of rotatable bonds is 5. The van der Waals surface area contributed by atoms with Crippen LogP contribution in [0.1, 0.15) is 40.2 Å². The van der Waals surface area contributed by atoms with Crippen LogP contribution in [-0.2, 0) is 33.9 Å². The zero-order valence-corrected chi connectivity index (χ0v) is 22.9. The molecule has 218 valence electrons. The third-order valence-corrected chi connectivity index (χ3v) is 9.97. The summed E-state index contributed by atoms with van der Waals surface area (Å²) in [6.07, 6.45) is -4.15.